The Bertz CT molecular complexity index is 1090. The van der Waals surface area contributed by atoms with Crippen molar-refractivity contribution in [2.75, 3.05) is 27.4 Å². The monoisotopic (exact) mass is 425 g/mol. The third kappa shape index (κ3) is 5.25. The lowest BCUT2D eigenvalue weighted by Gasteiger charge is -2.08. The van der Waals surface area contributed by atoms with E-state index in [-0.39, 0.29) is 19.1 Å². The van der Waals surface area contributed by atoms with E-state index in [0.29, 0.717) is 39.2 Å². The second-order valence-corrected chi connectivity index (χ2v) is 6.40. The van der Waals surface area contributed by atoms with E-state index in [1.165, 1.54) is 0 Å². The molecule has 0 fully saturated rings. The van der Waals surface area contributed by atoms with Crippen LogP contribution >= 0.6 is 11.6 Å². The van der Waals surface area contributed by atoms with Gasteiger partial charge >= 0.3 is 0 Å². The van der Waals surface area contributed by atoms with Crippen LogP contribution in [0.3, 0.4) is 0 Å². The van der Waals surface area contributed by atoms with Crippen LogP contribution in [0, 0.1) is 11.8 Å². The molecule has 0 atom stereocenters. The lowest BCUT2D eigenvalue weighted by Crippen LogP contribution is -2.24. The van der Waals surface area contributed by atoms with Crippen molar-refractivity contribution in [2.45, 2.75) is 0 Å². The Hall–Kier alpha value is -3.63. The number of amides is 1. The van der Waals surface area contributed by atoms with E-state index < -0.39 is 0 Å². The summed E-state index contributed by atoms with van der Waals surface area (Å²) in [5.41, 5.74) is 1.59. The number of hydrogen-bond donors (Lipinski definition) is 2. The number of ether oxygens (including phenoxy) is 3. The van der Waals surface area contributed by atoms with Crippen LogP contribution in [0.15, 0.2) is 48.5 Å². The number of carbonyl (C=O) groups is 1. The first-order chi connectivity index (χ1) is 14.6. The van der Waals surface area contributed by atoms with Crippen LogP contribution in [0.4, 0.5) is 0 Å². The molecule has 0 aliphatic heterocycles. The first-order valence-electron chi connectivity index (χ1n) is 9.01. The van der Waals surface area contributed by atoms with Gasteiger partial charge < -0.3 is 19.5 Å². The number of H-pyrrole nitrogens is 1. The van der Waals surface area contributed by atoms with Crippen LogP contribution in [0.5, 0.6) is 17.2 Å². The third-order valence-electron chi connectivity index (χ3n) is 4.10. The van der Waals surface area contributed by atoms with Crippen LogP contribution in [-0.4, -0.2) is 43.5 Å². The molecule has 0 saturated heterocycles. The molecule has 3 aromatic rings. The summed E-state index contributed by atoms with van der Waals surface area (Å²) in [6, 6.07) is 14.2. The Kier molecular flexibility index (Phi) is 7.19. The van der Waals surface area contributed by atoms with Gasteiger partial charge in [-0.25, -0.2) is 0 Å². The third-order valence-corrected chi connectivity index (χ3v) is 4.42. The van der Waals surface area contributed by atoms with E-state index >= 15 is 0 Å². The van der Waals surface area contributed by atoms with Crippen molar-refractivity contribution in [3.8, 4) is 40.3 Å². The van der Waals surface area contributed by atoms with Crippen LogP contribution in [0.1, 0.15) is 10.5 Å². The number of hydrogen-bond acceptors (Lipinski definition) is 5. The molecule has 0 aliphatic rings. The Labute approximate surface area is 179 Å². The second kappa shape index (κ2) is 10.2. The first kappa shape index (κ1) is 21.1. The molecule has 0 saturated carbocycles. The number of nitrogens with one attached hydrogen (secondary N) is 2. The number of halogens is 1. The molecule has 0 bridgehead atoms. The van der Waals surface area contributed by atoms with E-state index in [4.69, 9.17) is 25.8 Å². The van der Waals surface area contributed by atoms with E-state index in [1.54, 1.807) is 50.6 Å². The summed E-state index contributed by atoms with van der Waals surface area (Å²) >= 11 is 6.00. The van der Waals surface area contributed by atoms with Crippen LogP contribution in [-0.2, 0) is 0 Å². The van der Waals surface area contributed by atoms with Crippen molar-refractivity contribution in [2.24, 2.45) is 0 Å². The van der Waals surface area contributed by atoms with Crippen molar-refractivity contribution in [3.05, 3.63) is 59.2 Å². The number of rotatable bonds is 7. The van der Waals surface area contributed by atoms with Gasteiger partial charge in [-0.2, -0.15) is 5.10 Å². The van der Waals surface area contributed by atoms with Crippen molar-refractivity contribution in [3.63, 3.8) is 0 Å². The number of benzene rings is 2. The standard InChI is InChI=1S/C22H20ClN3O4/c1-28-15-9-10-20(29-2)16(13-15)18-14-19(26-25-18)22(27)24-11-5-6-12-30-21-8-4-3-7-17(21)23/h3-4,7-10,13-14H,11-12H2,1-2H3,(H,24,27)(H,25,26). The highest BCUT2D eigenvalue weighted by Crippen LogP contribution is 2.32. The Morgan fingerprint density at radius 2 is 1.93 bits per heavy atom. The van der Waals surface area contributed by atoms with Gasteiger partial charge in [-0.05, 0) is 36.4 Å². The molecule has 154 valence electrons. The summed E-state index contributed by atoms with van der Waals surface area (Å²) < 4.78 is 16.1. The molecule has 7 nitrogen and oxygen atoms in total. The zero-order chi connectivity index (χ0) is 21.3. The Morgan fingerprint density at radius 3 is 2.70 bits per heavy atom. The molecule has 0 aliphatic carbocycles. The fraction of sp³-hybridized carbons (Fsp3) is 0.182. The minimum Gasteiger partial charge on any atom is -0.497 e. The fourth-order valence-electron chi connectivity index (χ4n) is 2.60. The smallest absolute Gasteiger partial charge is 0.270 e. The second-order valence-electron chi connectivity index (χ2n) is 5.99. The minimum atomic E-state index is -0.322. The molecule has 8 heteroatoms. The molecule has 0 radical (unpaired) electrons. The highest BCUT2D eigenvalue weighted by Gasteiger charge is 2.14. The van der Waals surface area contributed by atoms with Gasteiger partial charge in [-0.15, -0.1) is 0 Å². The lowest BCUT2D eigenvalue weighted by atomic mass is 10.1. The number of aromatic amines is 1. The maximum absolute atomic E-state index is 12.3. The van der Waals surface area contributed by atoms with E-state index in [0.717, 1.165) is 0 Å². The Balaban J connectivity index is 1.56. The largest absolute Gasteiger partial charge is 0.497 e. The summed E-state index contributed by atoms with van der Waals surface area (Å²) in [5, 5.41) is 10.2. The zero-order valence-electron chi connectivity index (χ0n) is 16.5. The topological polar surface area (TPSA) is 85.5 Å². The van der Waals surface area contributed by atoms with E-state index in [1.807, 2.05) is 12.1 Å². The molecule has 1 aromatic heterocycles. The molecular formula is C22H20ClN3O4. The lowest BCUT2D eigenvalue weighted by molar-refractivity contribution is 0.0953. The van der Waals surface area contributed by atoms with E-state index in [2.05, 4.69) is 27.4 Å². The van der Waals surface area contributed by atoms with Gasteiger partial charge in [0.15, 0.2) is 0 Å². The quantitative estimate of drug-likeness (QED) is 0.565. The SMILES string of the molecule is COc1ccc(OC)c(-c2cc(C(=O)NCC#CCOc3ccccc3Cl)[nH]n2)c1. The van der Waals surface area contributed by atoms with Gasteiger partial charge in [0.05, 0.1) is 31.5 Å². The molecule has 2 aromatic carbocycles. The van der Waals surface area contributed by atoms with Crippen molar-refractivity contribution in [1.82, 2.24) is 15.5 Å². The molecule has 0 unspecified atom stereocenters. The molecule has 30 heavy (non-hydrogen) atoms. The Morgan fingerprint density at radius 1 is 1.10 bits per heavy atom. The molecule has 1 amide bonds. The predicted octanol–water partition coefficient (Wildman–Crippen LogP) is 3.56. The predicted molar refractivity (Wildman–Crippen MR) is 114 cm³/mol. The van der Waals surface area contributed by atoms with Crippen molar-refractivity contribution >= 4 is 17.5 Å². The molecule has 0 spiro atoms. The summed E-state index contributed by atoms with van der Waals surface area (Å²) in [6.07, 6.45) is 0. The first-order valence-corrected chi connectivity index (χ1v) is 9.39. The molecule has 2 N–H and O–H groups in total. The maximum atomic E-state index is 12.3. The van der Waals surface area contributed by atoms with Gasteiger partial charge in [0.1, 0.15) is 29.5 Å². The summed E-state index contributed by atoms with van der Waals surface area (Å²) in [7, 11) is 3.15. The molecule has 3 rings (SSSR count). The van der Waals surface area contributed by atoms with Crippen LogP contribution in [0.2, 0.25) is 5.02 Å². The fourth-order valence-corrected chi connectivity index (χ4v) is 2.79. The van der Waals surface area contributed by atoms with E-state index in [9.17, 15) is 4.79 Å². The minimum absolute atomic E-state index is 0.168. The molecule has 1 heterocycles. The number of methoxy groups -OCH3 is 2. The summed E-state index contributed by atoms with van der Waals surface area (Å²) in [6.45, 7) is 0.338. The average molecular weight is 426 g/mol. The normalized spacial score (nSPS) is 9.97. The maximum Gasteiger partial charge on any atom is 0.270 e. The summed E-state index contributed by atoms with van der Waals surface area (Å²) in [5.74, 6) is 7.18. The van der Waals surface area contributed by atoms with Gasteiger partial charge in [-0.1, -0.05) is 35.6 Å². The number of para-hydroxylation sites is 1. The summed E-state index contributed by atoms with van der Waals surface area (Å²) in [4.78, 5) is 12.3. The van der Waals surface area contributed by atoms with Crippen LogP contribution in [0.25, 0.3) is 11.3 Å². The van der Waals surface area contributed by atoms with Crippen molar-refractivity contribution in [1.29, 1.82) is 0 Å². The van der Waals surface area contributed by atoms with Gasteiger partial charge in [0.25, 0.3) is 5.91 Å². The van der Waals surface area contributed by atoms with Gasteiger partial charge in [0, 0.05) is 5.56 Å². The zero-order valence-corrected chi connectivity index (χ0v) is 17.2. The number of aromatic nitrogens is 2. The number of nitrogens with zero attached hydrogens (tertiary/aromatic N) is 1. The average Bonchev–Trinajstić information content (AvgIpc) is 3.27. The van der Waals surface area contributed by atoms with Gasteiger partial charge in [-0.3, -0.25) is 9.89 Å². The highest BCUT2D eigenvalue weighted by molar-refractivity contribution is 6.32. The van der Waals surface area contributed by atoms with Gasteiger partial charge in [0.2, 0.25) is 0 Å². The number of carbonyl (C=O) groups excluding carboxylic acids is 1. The van der Waals surface area contributed by atoms with Crippen molar-refractivity contribution < 1.29 is 19.0 Å². The molecular weight excluding hydrogens is 406 g/mol. The highest BCUT2D eigenvalue weighted by atomic mass is 35.5. The van der Waals surface area contributed by atoms with Crippen LogP contribution < -0.4 is 19.5 Å².